The highest BCUT2D eigenvalue weighted by Gasteiger charge is 1.99. The van der Waals surface area contributed by atoms with E-state index in [1.807, 2.05) is 12.1 Å². The summed E-state index contributed by atoms with van der Waals surface area (Å²) < 4.78 is 4.38. The number of ether oxygens (including phenoxy) is 1. The lowest BCUT2D eigenvalue weighted by molar-refractivity contribution is 0.171. The van der Waals surface area contributed by atoms with Gasteiger partial charge in [0.05, 0.1) is 12.8 Å². The SMILES string of the molecule is COC(=O)N/N=C(\C)c1ccc(N)cc1. The monoisotopic (exact) mass is 207 g/mol. The number of hydrogen-bond acceptors (Lipinski definition) is 4. The van der Waals surface area contributed by atoms with Crippen molar-refractivity contribution >= 4 is 17.5 Å². The first-order valence-corrected chi connectivity index (χ1v) is 4.37. The summed E-state index contributed by atoms with van der Waals surface area (Å²) in [6.07, 6.45) is -0.593. The zero-order chi connectivity index (χ0) is 11.3. The number of nitrogens with one attached hydrogen (secondary N) is 1. The Balaban J connectivity index is 2.71. The van der Waals surface area contributed by atoms with Crippen molar-refractivity contribution in [1.29, 1.82) is 0 Å². The van der Waals surface area contributed by atoms with Gasteiger partial charge < -0.3 is 10.5 Å². The zero-order valence-corrected chi connectivity index (χ0v) is 8.65. The number of carbonyl (C=O) groups excluding carboxylic acids is 1. The van der Waals surface area contributed by atoms with Crippen LogP contribution in [0.3, 0.4) is 0 Å². The van der Waals surface area contributed by atoms with Crippen LogP contribution in [0.1, 0.15) is 12.5 Å². The molecule has 0 aromatic heterocycles. The van der Waals surface area contributed by atoms with Gasteiger partial charge in [0.1, 0.15) is 0 Å². The number of nitrogen functional groups attached to an aromatic ring is 1. The third kappa shape index (κ3) is 3.30. The lowest BCUT2D eigenvalue weighted by Crippen LogP contribution is -2.18. The first-order valence-electron chi connectivity index (χ1n) is 4.37. The Morgan fingerprint density at radius 3 is 2.53 bits per heavy atom. The van der Waals surface area contributed by atoms with Crippen LogP contribution in [0.4, 0.5) is 10.5 Å². The molecular weight excluding hydrogens is 194 g/mol. The molecule has 5 heteroatoms. The fraction of sp³-hybridized carbons (Fsp3) is 0.200. The molecule has 0 spiro atoms. The molecule has 5 nitrogen and oxygen atoms in total. The van der Waals surface area contributed by atoms with Crippen LogP contribution in [0, 0.1) is 0 Å². The second-order valence-electron chi connectivity index (χ2n) is 2.92. The Bertz CT molecular complexity index is 371. The molecule has 0 unspecified atom stereocenters. The van der Waals surface area contributed by atoms with Gasteiger partial charge in [0.2, 0.25) is 0 Å². The van der Waals surface area contributed by atoms with Crippen molar-refractivity contribution in [3.05, 3.63) is 29.8 Å². The van der Waals surface area contributed by atoms with Crippen LogP contribution >= 0.6 is 0 Å². The highest BCUT2D eigenvalue weighted by atomic mass is 16.5. The first-order chi connectivity index (χ1) is 7.13. The molecule has 0 fully saturated rings. The van der Waals surface area contributed by atoms with Gasteiger partial charge in [-0.25, -0.2) is 10.2 Å². The Kier molecular flexibility index (Phi) is 3.68. The molecule has 0 aliphatic heterocycles. The van der Waals surface area contributed by atoms with Gasteiger partial charge in [-0.15, -0.1) is 0 Å². The van der Waals surface area contributed by atoms with E-state index in [9.17, 15) is 4.79 Å². The number of hydrogen-bond donors (Lipinski definition) is 2. The maximum absolute atomic E-state index is 10.7. The predicted molar refractivity (Wildman–Crippen MR) is 58.6 cm³/mol. The van der Waals surface area contributed by atoms with E-state index in [-0.39, 0.29) is 0 Å². The van der Waals surface area contributed by atoms with E-state index < -0.39 is 6.09 Å². The summed E-state index contributed by atoms with van der Waals surface area (Å²) in [6.45, 7) is 1.78. The molecule has 1 aromatic rings. The molecule has 1 amide bonds. The van der Waals surface area contributed by atoms with Gasteiger partial charge in [-0.1, -0.05) is 12.1 Å². The van der Waals surface area contributed by atoms with E-state index in [0.717, 1.165) is 5.56 Å². The number of rotatable bonds is 2. The standard InChI is InChI=1S/C10H13N3O2/c1-7(12-13-10(14)15-2)8-3-5-9(11)6-4-8/h3-6H,11H2,1-2H3,(H,13,14)/b12-7+. The number of anilines is 1. The van der Waals surface area contributed by atoms with E-state index >= 15 is 0 Å². The first kappa shape index (κ1) is 11.0. The van der Waals surface area contributed by atoms with Crippen molar-refractivity contribution in [2.75, 3.05) is 12.8 Å². The molecule has 0 saturated carbocycles. The van der Waals surface area contributed by atoms with E-state index in [1.165, 1.54) is 7.11 Å². The number of nitrogens with zero attached hydrogens (tertiary/aromatic N) is 1. The van der Waals surface area contributed by atoms with Crippen molar-refractivity contribution in [3.63, 3.8) is 0 Å². The molecular formula is C10H13N3O2. The number of carbonyl (C=O) groups is 1. The van der Waals surface area contributed by atoms with Gasteiger partial charge in [-0.05, 0) is 24.6 Å². The summed E-state index contributed by atoms with van der Waals surface area (Å²) in [6, 6.07) is 7.19. The molecule has 0 heterocycles. The third-order valence-corrected chi connectivity index (χ3v) is 1.83. The van der Waals surface area contributed by atoms with E-state index in [4.69, 9.17) is 5.73 Å². The molecule has 15 heavy (non-hydrogen) atoms. The molecule has 0 aliphatic rings. The number of nitrogens with two attached hydrogens (primary N) is 1. The van der Waals surface area contributed by atoms with Crippen LogP contribution in [0.2, 0.25) is 0 Å². The molecule has 80 valence electrons. The largest absolute Gasteiger partial charge is 0.452 e. The summed E-state index contributed by atoms with van der Waals surface area (Å²) >= 11 is 0. The molecule has 0 saturated heterocycles. The van der Waals surface area contributed by atoms with Gasteiger partial charge in [-0.2, -0.15) is 5.10 Å². The van der Waals surface area contributed by atoms with Crippen LogP contribution < -0.4 is 11.2 Å². The van der Waals surface area contributed by atoms with Gasteiger partial charge in [0, 0.05) is 5.69 Å². The van der Waals surface area contributed by atoms with Crippen molar-refractivity contribution in [3.8, 4) is 0 Å². The predicted octanol–water partition coefficient (Wildman–Crippen LogP) is 1.35. The minimum atomic E-state index is -0.593. The highest BCUT2D eigenvalue weighted by molar-refractivity contribution is 5.99. The van der Waals surface area contributed by atoms with Crippen LogP contribution in [0.5, 0.6) is 0 Å². The maximum atomic E-state index is 10.7. The average molecular weight is 207 g/mol. The second-order valence-corrected chi connectivity index (χ2v) is 2.92. The molecule has 0 radical (unpaired) electrons. The summed E-state index contributed by atoms with van der Waals surface area (Å²) in [5.74, 6) is 0. The van der Waals surface area contributed by atoms with E-state index in [1.54, 1.807) is 19.1 Å². The highest BCUT2D eigenvalue weighted by Crippen LogP contribution is 2.06. The van der Waals surface area contributed by atoms with Gasteiger partial charge in [0.15, 0.2) is 0 Å². The topological polar surface area (TPSA) is 76.7 Å². The summed E-state index contributed by atoms with van der Waals surface area (Å²) in [7, 11) is 1.28. The normalized spacial score (nSPS) is 10.9. The van der Waals surface area contributed by atoms with Crippen molar-refractivity contribution in [2.45, 2.75) is 6.92 Å². The molecule has 0 bridgehead atoms. The third-order valence-electron chi connectivity index (χ3n) is 1.83. The van der Waals surface area contributed by atoms with Crippen LogP contribution in [0.15, 0.2) is 29.4 Å². The van der Waals surface area contributed by atoms with Crippen LogP contribution in [-0.2, 0) is 4.74 Å². The van der Waals surface area contributed by atoms with Crippen LogP contribution in [-0.4, -0.2) is 18.9 Å². The van der Waals surface area contributed by atoms with Crippen molar-refractivity contribution in [2.24, 2.45) is 5.10 Å². The Morgan fingerprint density at radius 2 is 2.00 bits per heavy atom. The van der Waals surface area contributed by atoms with Crippen LogP contribution in [0.25, 0.3) is 0 Å². The summed E-state index contributed by atoms with van der Waals surface area (Å²) in [4.78, 5) is 10.7. The smallest absolute Gasteiger partial charge is 0.427 e. The summed E-state index contributed by atoms with van der Waals surface area (Å²) in [5.41, 5.74) is 10.0. The number of methoxy groups -OCH3 is 1. The lowest BCUT2D eigenvalue weighted by Gasteiger charge is -2.02. The summed E-state index contributed by atoms with van der Waals surface area (Å²) in [5, 5.41) is 3.85. The van der Waals surface area contributed by atoms with E-state index in [0.29, 0.717) is 11.4 Å². The second kappa shape index (κ2) is 4.99. The fourth-order valence-electron chi connectivity index (χ4n) is 0.964. The lowest BCUT2D eigenvalue weighted by atomic mass is 10.1. The van der Waals surface area contributed by atoms with E-state index in [2.05, 4.69) is 15.3 Å². The Morgan fingerprint density at radius 1 is 1.40 bits per heavy atom. The number of hydrazone groups is 1. The Labute approximate surface area is 87.9 Å². The maximum Gasteiger partial charge on any atom is 0.427 e. The number of benzene rings is 1. The molecule has 0 atom stereocenters. The average Bonchev–Trinajstić information content (AvgIpc) is 2.26. The van der Waals surface area contributed by atoms with Gasteiger partial charge in [0.25, 0.3) is 0 Å². The van der Waals surface area contributed by atoms with Gasteiger partial charge >= 0.3 is 6.09 Å². The minimum Gasteiger partial charge on any atom is -0.452 e. The van der Waals surface area contributed by atoms with Crippen molar-refractivity contribution in [1.82, 2.24) is 5.43 Å². The molecule has 3 N–H and O–H groups in total. The molecule has 1 rings (SSSR count). The number of amides is 1. The minimum absolute atomic E-state index is 0.593. The molecule has 1 aromatic carbocycles. The van der Waals surface area contributed by atoms with Gasteiger partial charge in [-0.3, -0.25) is 0 Å². The van der Waals surface area contributed by atoms with Crippen molar-refractivity contribution < 1.29 is 9.53 Å². The fourth-order valence-corrected chi connectivity index (χ4v) is 0.964. The zero-order valence-electron chi connectivity index (χ0n) is 8.65. The quantitative estimate of drug-likeness (QED) is 0.436. The molecule has 0 aliphatic carbocycles. The Hall–Kier alpha value is -2.04.